The summed E-state index contributed by atoms with van der Waals surface area (Å²) >= 11 is 0. The van der Waals surface area contributed by atoms with Crippen molar-refractivity contribution >= 4 is 5.78 Å². The summed E-state index contributed by atoms with van der Waals surface area (Å²) in [6, 6.07) is 0. The number of fused-ring (bicyclic) bond motifs is 2. The molecule has 1 heteroatoms. The summed E-state index contributed by atoms with van der Waals surface area (Å²) in [6.45, 7) is 0. The van der Waals surface area contributed by atoms with Gasteiger partial charge in [-0.15, -0.1) is 0 Å². The summed E-state index contributed by atoms with van der Waals surface area (Å²) < 4.78 is 0. The van der Waals surface area contributed by atoms with E-state index in [1.807, 2.05) is 0 Å². The minimum atomic E-state index is 0.400. The van der Waals surface area contributed by atoms with E-state index in [4.69, 9.17) is 0 Å². The van der Waals surface area contributed by atoms with Crippen LogP contribution in [0.1, 0.15) is 38.5 Å². The SMILES string of the molecule is O=C1C2=CCCC1CCCC2. The summed E-state index contributed by atoms with van der Waals surface area (Å²) in [6.07, 6.45) is 9.10. The minimum absolute atomic E-state index is 0.400. The average Bonchev–Trinajstić information content (AvgIpc) is 2.17. The van der Waals surface area contributed by atoms with Gasteiger partial charge in [0.05, 0.1) is 0 Å². The Kier molecular flexibility index (Phi) is 1.80. The topological polar surface area (TPSA) is 17.1 Å². The molecule has 1 fully saturated rings. The number of hydrogen-bond donors (Lipinski definition) is 0. The standard InChI is InChI=1S/C10H14O/c11-10-8-4-1-2-5-9(10)7-3-6-8/h6,9H,1-5,7H2. The van der Waals surface area contributed by atoms with Gasteiger partial charge in [-0.05, 0) is 37.7 Å². The summed E-state index contributed by atoms with van der Waals surface area (Å²) in [5, 5.41) is 0. The Labute approximate surface area is 67.5 Å². The zero-order valence-corrected chi connectivity index (χ0v) is 6.81. The second kappa shape index (κ2) is 2.80. The zero-order valence-electron chi connectivity index (χ0n) is 6.81. The van der Waals surface area contributed by atoms with Crippen molar-refractivity contribution in [1.29, 1.82) is 0 Å². The van der Waals surface area contributed by atoms with Crippen molar-refractivity contribution in [1.82, 2.24) is 0 Å². The third kappa shape index (κ3) is 1.24. The first-order chi connectivity index (χ1) is 5.38. The fourth-order valence-corrected chi connectivity index (χ4v) is 2.16. The summed E-state index contributed by atoms with van der Waals surface area (Å²) in [4.78, 5) is 11.6. The van der Waals surface area contributed by atoms with Gasteiger partial charge in [0, 0.05) is 5.92 Å². The Bertz CT molecular complexity index is 203. The third-order valence-electron chi connectivity index (χ3n) is 2.84. The molecular weight excluding hydrogens is 136 g/mol. The molecule has 0 heterocycles. The van der Waals surface area contributed by atoms with E-state index in [0.29, 0.717) is 11.7 Å². The first-order valence-electron chi connectivity index (χ1n) is 4.61. The second-order valence-electron chi connectivity index (χ2n) is 3.61. The van der Waals surface area contributed by atoms with E-state index in [2.05, 4.69) is 6.08 Å². The van der Waals surface area contributed by atoms with Crippen LogP contribution in [-0.2, 0) is 4.79 Å². The molecule has 1 unspecified atom stereocenters. The molecule has 1 saturated carbocycles. The summed E-state index contributed by atoms with van der Waals surface area (Å²) in [7, 11) is 0. The van der Waals surface area contributed by atoms with Crippen molar-refractivity contribution in [3.8, 4) is 0 Å². The molecule has 0 amide bonds. The first kappa shape index (κ1) is 7.08. The number of hydrogen-bond acceptors (Lipinski definition) is 1. The van der Waals surface area contributed by atoms with Gasteiger partial charge in [0.15, 0.2) is 5.78 Å². The Balaban J connectivity index is 2.25. The molecule has 2 aliphatic carbocycles. The van der Waals surface area contributed by atoms with Crippen LogP contribution in [0.2, 0.25) is 0 Å². The third-order valence-corrected chi connectivity index (χ3v) is 2.84. The molecule has 2 rings (SSSR count). The summed E-state index contributed by atoms with van der Waals surface area (Å²) in [5.74, 6) is 0.867. The van der Waals surface area contributed by atoms with E-state index in [-0.39, 0.29) is 0 Å². The number of allylic oxidation sites excluding steroid dienone is 2. The van der Waals surface area contributed by atoms with Crippen LogP contribution in [0.3, 0.4) is 0 Å². The Morgan fingerprint density at radius 2 is 2.18 bits per heavy atom. The molecule has 0 saturated heterocycles. The maximum atomic E-state index is 11.6. The monoisotopic (exact) mass is 150 g/mol. The van der Waals surface area contributed by atoms with Gasteiger partial charge in [-0.1, -0.05) is 12.5 Å². The molecular formula is C10H14O. The Hall–Kier alpha value is -0.590. The van der Waals surface area contributed by atoms with E-state index in [0.717, 1.165) is 31.3 Å². The van der Waals surface area contributed by atoms with Crippen molar-refractivity contribution in [2.24, 2.45) is 5.92 Å². The minimum Gasteiger partial charge on any atom is -0.294 e. The van der Waals surface area contributed by atoms with Crippen molar-refractivity contribution in [2.75, 3.05) is 0 Å². The average molecular weight is 150 g/mol. The highest BCUT2D eigenvalue weighted by atomic mass is 16.1. The Morgan fingerprint density at radius 1 is 1.27 bits per heavy atom. The second-order valence-corrected chi connectivity index (χ2v) is 3.61. The molecule has 60 valence electrons. The van der Waals surface area contributed by atoms with Gasteiger partial charge < -0.3 is 0 Å². The van der Waals surface area contributed by atoms with Crippen LogP contribution in [0.5, 0.6) is 0 Å². The van der Waals surface area contributed by atoms with Crippen LogP contribution in [0.15, 0.2) is 11.6 Å². The van der Waals surface area contributed by atoms with Crippen molar-refractivity contribution < 1.29 is 4.79 Å². The molecule has 0 radical (unpaired) electrons. The van der Waals surface area contributed by atoms with E-state index in [1.165, 1.54) is 12.8 Å². The molecule has 1 atom stereocenters. The lowest BCUT2D eigenvalue weighted by Gasteiger charge is -2.17. The van der Waals surface area contributed by atoms with Crippen molar-refractivity contribution in [3.05, 3.63) is 11.6 Å². The molecule has 0 aromatic carbocycles. The number of rotatable bonds is 0. The molecule has 1 nitrogen and oxygen atoms in total. The molecule has 2 bridgehead atoms. The lowest BCUT2D eigenvalue weighted by molar-refractivity contribution is -0.119. The van der Waals surface area contributed by atoms with E-state index in [1.54, 1.807) is 0 Å². The van der Waals surface area contributed by atoms with Gasteiger partial charge in [0.25, 0.3) is 0 Å². The van der Waals surface area contributed by atoms with Gasteiger partial charge in [0.2, 0.25) is 0 Å². The van der Waals surface area contributed by atoms with E-state index >= 15 is 0 Å². The fourth-order valence-electron chi connectivity index (χ4n) is 2.16. The lowest BCUT2D eigenvalue weighted by Crippen LogP contribution is -2.17. The van der Waals surface area contributed by atoms with Crippen LogP contribution < -0.4 is 0 Å². The fraction of sp³-hybridized carbons (Fsp3) is 0.700. The van der Waals surface area contributed by atoms with Gasteiger partial charge in [0.1, 0.15) is 0 Å². The Morgan fingerprint density at radius 3 is 3.09 bits per heavy atom. The smallest absolute Gasteiger partial charge is 0.161 e. The summed E-state index contributed by atoms with van der Waals surface area (Å²) in [5.41, 5.74) is 1.14. The van der Waals surface area contributed by atoms with Gasteiger partial charge in [-0.2, -0.15) is 0 Å². The van der Waals surface area contributed by atoms with Crippen LogP contribution in [0, 0.1) is 5.92 Å². The maximum absolute atomic E-state index is 11.6. The largest absolute Gasteiger partial charge is 0.294 e. The number of Topliss-reactive ketones (excluding diaryl/α,β-unsaturated/α-hetero) is 1. The van der Waals surface area contributed by atoms with Gasteiger partial charge in [-0.25, -0.2) is 0 Å². The number of carbonyl (C=O) groups excluding carboxylic acids is 1. The lowest BCUT2D eigenvalue weighted by atomic mass is 9.86. The van der Waals surface area contributed by atoms with Crippen LogP contribution in [0.25, 0.3) is 0 Å². The van der Waals surface area contributed by atoms with E-state index < -0.39 is 0 Å². The normalized spacial score (nSPS) is 31.1. The zero-order chi connectivity index (χ0) is 7.68. The molecule has 0 N–H and O–H groups in total. The maximum Gasteiger partial charge on any atom is 0.161 e. The molecule has 0 aliphatic heterocycles. The molecule has 0 aromatic rings. The first-order valence-corrected chi connectivity index (χ1v) is 4.61. The van der Waals surface area contributed by atoms with Crippen LogP contribution in [0.4, 0.5) is 0 Å². The van der Waals surface area contributed by atoms with Gasteiger partial charge >= 0.3 is 0 Å². The highest BCUT2D eigenvalue weighted by Gasteiger charge is 2.26. The number of ketones is 1. The highest BCUT2D eigenvalue weighted by Crippen LogP contribution is 2.31. The predicted molar refractivity (Wildman–Crippen MR) is 44.3 cm³/mol. The van der Waals surface area contributed by atoms with Crippen LogP contribution >= 0.6 is 0 Å². The molecule has 0 spiro atoms. The quantitative estimate of drug-likeness (QED) is 0.518. The van der Waals surface area contributed by atoms with Crippen LogP contribution in [-0.4, -0.2) is 5.78 Å². The molecule has 0 aromatic heterocycles. The van der Waals surface area contributed by atoms with E-state index in [9.17, 15) is 4.79 Å². The highest BCUT2D eigenvalue weighted by molar-refractivity contribution is 5.98. The van der Waals surface area contributed by atoms with Crippen molar-refractivity contribution in [3.63, 3.8) is 0 Å². The predicted octanol–water partition coefficient (Wildman–Crippen LogP) is 2.47. The molecule has 11 heavy (non-hydrogen) atoms. The number of carbonyl (C=O) groups is 1. The van der Waals surface area contributed by atoms with Crippen molar-refractivity contribution in [2.45, 2.75) is 38.5 Å². The van der Waals surface area contributed by atoms with Gasteiger partial charge in [-0.3, -0.25) is 4.79 Å². The molecule has 2 aliphatic rings.